The Balaban J connectivity index is 4.05. The van der Waals surface area contributed by atoms with Gasteiger partial charge in [-0.3, -0.25) is 0 Å². The summed E-state index contributed by atoms with van der Waals surface area (Å²) in [5.74, 6) is 0.177. The monoisotopic (exact) mass is 209 g/mol. The van der Waals surface area contributed by atoms with Crippen molar-refractivity contribution in [3.8, 4) is 0 Å². The second kappa shape index (κ2) is 6.34. The van der Waals surface area contributed by atoms with Crippen LogP contribution in [0.1, 0.15) is 19.8 Å². The van der Waals surface area contributed by atoms with E-state index >= 15 is 0 Å². The molecule has 0 saturated heterocycles. The summed E-state index contributed by atoms with van der Waals surface area (Å²) in [7, 11) is -1.44. The van der Waals surface area contributed by atoms with Crippen molar-refractivity contribution in [2.24, 2.45) is 5.73 Å². The first kappa shape index (κ1) is 12.9. The van der Waals surface area contributed by atoms with Crippen molar-refractivity contribution >= 4 is 9.84 Å². The molecule has 0 aromatic heterocycles. The fourth-order valence-electron chi connectivity index (χ4n) is 1.14. The molecule has 0 spiro atoms. The molecule has 0 aromatic rings. The molecule has 0 fully saturated rings. The summed E-state index contributed by atoms with van der Waals surface area (Å²) in [5, 5.41) is -0.385. The van der Waals surface area contributed by atoms with E-state index in [-0.39, 0.29) is 17.5 Å². The molecule has 0 rings (SSSR count). The highest BCUT2D eigenvalue weighted by Gasteiger charge is 2.21. The molecule has 4 nitrogen and oxygen atoms in total. The molecule has 1 atom stereocenters. The first-order valence-corrected chi connectivity index (χ1v) is 6.20. The van der Waals surface area contributed by atoms with Crippen LogP contribution in [0.5, 0.6) is 0 Å². The van der Waals surface area contributed by atoms with Crippen LogP contribution in [0, 0.1) is 0 Å². The standard InChI is InChI=1S/C8H19NO3S/c1-3-8(7-9)13(10,11)6-4-5-12-2/h8H,3-7,9H2,1-2H3. The smallest absolute Gasteiger partial charge is 0.154 e. The Bertz CT molecular complexity index is 209. The summed E-state index contributed by atoms with van der Waals surface area (Å²) in [6.45, 7) is 2.54. The Labute approximate surface area is 80.4 Å². The molecule has 0 radical (unpaired) electrons. The summed E-state index contributed by atoms with van der Waals surface area (Å²) in [5.41, 5.74) is 5.36. The van der Waals surface area contributed by atoms with Crippen molar-refractivity contribution in [1.29, 1.82) is 0 Å². The summed E-state index contributed by atoms with van der Waals surface area (Å²) in [6.07, 6.45) is 1.14. The van der Waals surface area contributed by atoms with Gasteiger partial charge in [-0.15, -0.1) is 0 Å². The van der Waals surface area contributed by atoms with Gasteiger partial charge in [0.2, 0.25) is 0 Å². The molecule has 2 N–H and O–H groups in total. The molecule has 0 amide bonds. The normalized spacial score (nSPS) is 14.4. The van der Waals surface area contributed by atoms with Crippen molar-refractivity contribution in [2.45, 2.75) is 25.0 Å². The molecular weight excluding hydrogens is 190 g/mol. The molecule has 0 heterocycles. The molecule has 5 heteroatoms. The number of methoxy groups -OCH3 is 1. The van der Waals surface area contributed by atoms with E-state index in [1.165, 1.54) is 0 Å². The molecule has 1 unspecified atom stereocenters. The van der Waals surface area contributed by atoms with Crippen LogP contribution in [0.25, 0.3) is 0 Å². The zero-order valence-electron chi connectivity index (χ0n) is 8.32. The Morgan fingerprint density at radius 2 is 2.08 bits per heavy atom. The molecule has 80 valence electrons. The first-order chi connectivity index (χ1) is 6.08. The van der Waals surface area contributed by atoms with Crippen molar-refractivity contribution in [1.82, 2.24) is 0 Å². The zero-order valence-corrected chi connectivity index (χ0v) is 9.14. The van der Waals surface area contributed by atoms with Crippen molar-refractivity contribution in [3.63, 3.8) is 0 Å². The lowest BCUT2D eigenvalue weighted by molar-refractivity contribution is 0.199. The van der Waals surface area contributed by atoms with Crippen LogP contribution >= 0.6 is 0 Å². The molecule has 0 bridgehead atoms. The summed E-state index contributed by atoms with van der Waals surface area (Å²) >= 11 is 0. The topological polar surface area (TPSA) is 69.4 Å². The largest absolute Gasteiger partial charge is 0.385 e. The molecule has 0 aliphatic carbocycles. The van der Waals surface area contributed by atoms with Gasteiger partial charge in [-0.25, -0.2) is 8.42 Å². The fourth-order valence-corrected chi connectivity index (χ4v) is 2.79. The van der Waals surface area contributed by atoms with Crippen LogP contribution in [0.15, 0.2) is 0 Å². The highest BCUT2D eigenvalue weighted by Crippen LogP contribution is 2.06. The number of nitrogens with two attached hydrogens (primary N) is 1. The van der Waals surface area contributed by atoms with Crippen LogP contribution in [0.4, 0.5) is 0 Å². The SMILES string of the molecule is CCC(CN)S(=O)(=O)CCCOC. The van der Waals surface area contributed by atoms with Crippen LogP contribution in [0.2, 0.25) is 0 Å². The third-order valence-corrected chi connectivity index (χ3v) is 4.40. The van der Waals surface area contributed by atoms with Gasteiger partial charge in [0.1, 0.15) is 0 Å². The third kappa shape index (κ3) is 4.59. The van der Waals surface area contributed by atoms with E-state index in [4.69, 9.17) is 10.5 Å². The first-order valence-electron chi connectivity index (χ1n) is 4.49. The number of sulfone groups is 1. The third-order valence-electron chi connectivity index (χ3n) is 2.00. The number of rotatable bonds is 7. The molecule has 0 aromatic carbocycles. The zero-order chi connectivity index (χ0) is 10.3. The van der Waals surface area contributed by atoms with E-state index in [9.17, 15) is 8.42 Å². The summed E-state index contributed by atoms with van der Waals surface area (Å²) in [4.78, 5) is 0. The lowest BCUT2D eigenvalue weighted by Crippen LogP contribution is -2.31. The minimum absolute atomic E-state index is 0.177. The van der Waals surface area contributed by atoms with E-state index in [1.54, 1.807) is 7.11 Å². The lowest BCUT2D eigenvalue weighted by atomic mass is 10.3. The Morgan fingerprint density at radius 1 is 1.46 bits per heavy atom. The van der Waals surface area contributed by atoms with Gasteiger partial charge in [-0.1, -0.05) is 6.92 Å². The van der Waals surface area contributed by atoms with Gasteiger partial charge in [0, 0.05) is 20.3 Å². The van der Waals surface area contributed by atoms with Crippen LogP contribution in [0.3, 0.4) is 0 Å². The van der Waals surface area contributed by atoms with E-state index in [2.05, 4.69) is 0 Å². The minimum atomic E-state index is -3.00. The van der Waals surface area contributed by atoms with Gasteiger partial charge in [-0.05, 0) is 12.8 Å². The van der Waals surface area contributed by atoms with Crippen molar-refractivity contribution < 1.29 is 13.2 Å². The van der Waals surface area contributed by atoms with Crippen LogP contribution in [-0.2, 0) is 14.6 Å². The van der Waals surface area contributed by atoms with Crippen LogP contribution < -0.4 is 5.73 Å². The Hall–Kier alpha value is -0.130. The molecule has 13 heavy (non-hydrogen) atoms. The van der Waals surface area contributed by atoms with E-state index < -0.39 is 9.84 Å². The molecule has 0 saturated carbocycles. The van der Waals surface area contributed by atoms with Gasteiger partial charge in [-0.2, -0.15) is 0 Å². The summed E-state index contributed by atoms with van der Waals surface area (Å²) in [6, 6.07) is 0. The number of hydrogen-bond donors (Lipinski definition) is 1. The lowest BCUT2D eigenvalue weighted by Gasteiger charge is -2.12. The molecular formula is C8H19NO3S. The van der Waals surface area contributed by atoms with Crippen molar-refractivity contribution in [2.75, 3.05) is 26.0 Å². The van der Waals surface area contributed by atoms with E-state index in [0.29, 0.717) is 19.4 Å². The van der Waals surface area contributed by atoms with Gasteiger partial charge >= 0.3 is 0 Å². The predicted molar refractivity (Wildman–Crippen MR) is 53.4 cm³/mol. The van der Waals surface area contributed by atoms with E-state index in [1.807, 2.05) is 6.92 Å². The average Bonchev–Trinajstić information content (AvgIpc) is 2.06. The fraction of sp³-hybridized carbons (Fsp3) is 1.00. The quantitative estimate of drug-likeness (QED) is 0.607. The maximum Gasteiger partial charge on any atom is 0.154 e. The van der Waals surface area contributed by atoms with Crippen molar-refractivity contribution in [3.05, 3.63) is 0 Å². The Morgan fingerprint density at radius 3 is 2.46 bits per heavy atom. The highest BCUT2D eigenvalue weighted by atomic mass is 32.2. The molecule has 0 aliphatic heterocycles. The highest BCUT2D eigenvalue weighted by molar-refractivity contribution is 7.92. The van der Waals surface area contributed by atoms with Gasteiger partial charge in [0.25, 0.3) is 0 Å². The van der Waals surface area contributed by atoms with E-state index in [0.717, 1.165) is 0 Å². The number of hydrogen-bond acceptors (Lipinski definition) is 4. The average molecular weight is 209 g/mol. The van der Waals surface area contributed by atoms with Crippen LogP contribution in [-0.4, -0.2) is 39.7 Å². The minimum Gasteiger partial charge on any atom is -0.385 e. The van der Waals surface area contributed by atoms with Gasteiger partial charge in [0.05, 0.1) is 11.0 Å². The van der Waals surface area contributed by atoms with Gasteiger partial charge < -0.3 is 10.5 Å². The second-order valence-corrected chi connectivity index (χ2v) is 5.38. The molecule has 0 aliphatic rings. The summed E-state index contributed by atoms with van der Waals surface area (Å²) < 4.78 is 27.9. The maximum atomic E-state index is 11.5. The van der Waals surface area contributed by atoms with Gasteiger partial charge in [0.15, 0.2) is 9.84 Å². The maximum absolute atomic E-state index is 11.5. The number of ether oxygens (including phenoxy) is 1. The Kier molecular flexibility index (Phi) is 6.28. The second-order valence-electron chi connectivity index (χ2n) is 2.98. The predicted octanol–water partition coefficient (Wildman–Crippen LogP) is 0.175.